The number of carbonyl (C=O) groups excluding carboxylic acids is 18. The second-order valence-corrected chi connectivity index (χ2v) is 39.8. The van der Waals surface area contributed by atoms with Crippen molar-refractivity contribution in [3.63, 3.8) is 0 Å². The van der Waals surface area contributed by atoms with Gasteiger partial charge >= 0.3 is 11.9 Å². The van der Waals surface area contributed by atoms with Crippen LogP contribution in [0.15, 0.2) is 30.3 Å². The number of benzene rings is 1. The van der Waals surface area contributed by atoms with E-state index in [0.29, 0.717) is 44.1 Å². The standard InChI is InChI=1S/C90H145N23O23S3/c1-8-9-24-59-86(133)110-39-18-28-66(110)85(132)107-63(47-71(118)119)80(127)108-64(48-114)81(128)106-62(46-53-22-11-10-12-23-53)79(126)109-65(82(129)104-60(26-14-16-37-92)87(134)113-42-21-31-69(113)88(135)111-40-19-29-67(111)83(130)98-54(73(93)120)32-33-70(116)117)49-139-138-44-35-58(101-76(123)57(34-43-137-7)102-84(131)68-30-20-41-112(68)89(136)72(51(4)5)97-52(6)115)77(124)105-61(45-50(2)3)78(125)100-56(27-17-38-96-90(94)95)74(121)99-55(75(122)103-59)25-13-15-36-91/h10-12,22-23,50-51,54-69,72,114H,8-9,13-21,24-49,91-92H2,1-7H3,(H2,93,120)(H,97,115)(H,98,130)(H,99,121)(H,100,125)(H,101,123)(H,102,131)(H,103,122)(H,104,129)(H,105,124)(H,106,128)(H,107,132)(H,108,127)(H,109,126)(H,116,117)(H,118,119)(H4,94,95,96)/t54-,55-,56-,57-,58-,59-,60-,61-,62-,63-,64-,65-,66-,67-,68-,69-,72-/m0/s1. The summed E-state index contributed by atoms with van der Waals surface area (Å²) < 4.78 is 0. The Morgan fingerprint density at radius 2 is 1.07 bits per heavy atom. The highest BCUT2D eigenvalue weighted by atomic mass is 33.1. The number of likely N-dealkylation sites (tertiary alicyclic amines) is 3. The fourth-order valence-corrected chi connectivity index (χ4v) is 19.8. The number of fused-ring (bicyclic) bond motifs is 1. The second kappa shape index (κ2) is 60.1. The van der Waals surface area contributed by atoms with Gasteiger partial charge in [-0.15, -0.1) is 0 Å². The zero-order valence-corrected chi connectivity index (χ0v) is 82.8. The fourth-order valence-electron chi connectivity index (χ4n) is 17.1. The summed E-state index contributed by atoms with van der Waals surface area (Å²) in [6.45, 7) is 9.14. The molecule has 5 saturated heterocycles. The van der Waals surface area contributed by atoms with Gasteiger partial charge in [-0.05, 0) is 177 Å². The van der Waals surface area contributed by atoms with Crippen LogP contribution in [0.3, 0.4) is 0 Å². The molecular weight excluding hydrogens is 1870 g/mol. The second-order valence-electron chi connectivity index (χ2n) is 36.2. The van der Waals surface area contributed by atoms with Gasteiger partial charge in [-0.1, -0.05) is 99.4 Å². The van der Waals surface area contributed by atoms with Crippen molar-refractivity contribution in [2.75, 3.05) is 75.9 Å². The summed E-state index contributed by atoms with van der Waals surface area (Å²) in [5.74, 6) is -20.5. The first-order valence-electron chi connectivity index (χ1n) is 47.9. The lowest BCUT2D eigenvalue weighted by Gasteiger charge is -2.33. The van der Waals surface area contributed by atoms with Crippen LogP contribution in [0.4, 0.5) is 0 Å². The Bertz CT molecular complexity index is 4390. The van der Waals surface area contributed by atoms with E-state index in [-0.39, 0.29) is 173 Å². The van der Waals surface area contributed by atoms with Gasteiger partial charge in [0.05, 0.1) is 13.0 Å². The minimum absolute atomic E-state index is 0.00402. The van der Waals surface area contributed by atoms with Crippen LogP contribution in [0.5, 0.6) is 0 Å². The van der Waals surface area contributed by atoms with Gasteiger partial charge in [-0.3, -0.25) is 101 Å². The van der Waals surface area contributed by atoms with Crippen molar-refractivity contribution < 1.29 is 111 Å². The molecule has 0 unspecified atom stereocenters. The number of unbranched alkanes of at least 4 members (excludes halogenated alkanes) is 3. The molecule has 5 aliphatic rings. The third kappa shape index (κ3) is 37.7. The number of aliphatic hydroxyl groups is 1. The van der Waals surface area contributed by atoms with Gasteiger partial charge in [-0.25, -0.2) is 0 Å². The van der Waals surface area contributed by atoms with E-state index >= 15 is 38.4 Å². The van der Waals surface area contributed by atoms with Crippen LogP contribution in [0, 0.1) is 17.2 Å². The zero-order chi connectivity index (χ0) is 103. The molecule has 5 fully saturated rings. The van der Waals surface area contributed by atoms with Gasteiger partial charge < -0.3 is 132 Å². The first-order valence-corrected chi connectivity index (χ1v) is 51.8. The molecule has 17 atom stereocenters. The van der Waals surface area contributed by atoms with Crippen LogP contribution in [-0.2, 0) is 102 Å². The smallest absolute Gasteiger partial charge is 0.305 e. The Morgan fingerprint density at radius 3 is 1.66 bits per heavy atom. The molecule has 5 aliphatic heterocycles. The van der Waals surface area contributed by atoms with Crippen molar-refractivity contribution in [1.82, 2.24) is 94.0 Å². The molecular formula is C90H145N23O23S3. The number of aliphatic carboxylic acids is 2. The third-order valence-corrected chi connectivity index (χ3v) is 27.6. The number of guanidine groups is 1. The van der Waals surface area contributed by atoms with E-state index in [1.165, 1.54) is 33.4 Å². The molecule has 0 aliphatic carbocycles. The van der Waals surface area contributed by atoms with Gasteiger partial charge in [-0.2, -0.15) is 11.8 Å². The number of thioether (sulfide) groups is 1. The highest BCUT2D eigenvalue weighted by molar-refractivity contribution is 8.76. The van der Waals surface area contributed by atoms with Crippen LogP contribution in [-0.4, -0.2) is 338 Å². The molecule has 139 heavy (non-hydrogen) atoms. The molecule has 776 valence electrons. The molecule has 6 rings (SSSR count). The van der Waals surface area contributed by atoms with Gasteiger partial charge in [0.1, 0.15) is 103 Å². The Morgan fingerprint density at radius 1 is 0.540 bits per heavy atom. The van der Waals surface area contributed by atoms with E-state index < -0.39 is 264 Å². The number of nitrogens with zero attached hydrogens (tertiary/aromatic N) is 4. The number of aliphatic hydroxyl groups excluding tert-OH is 1. The monoisotopic (exact) mass is 2010 g/mol. The van der Waals surface area contributed by atoms with E-state index in [9.17, 15) is 72.9 Å². The first kappa shape index (κ1) is 117. The highest BCUT2D eigenvalue weighted by Crippen LogP contribution is 2.30. The molecule has 1 aromatic rings. The number of hydrogen-bond donors (Lipinski definition) is 22. The van der Waals surface area contributed by atoms with Crippen molar-refractivity contribution in [2.24, 2.45) is 34.8 Å². The maximum absolute atomic E-state index is 15.6. The molecule has 0 aromatic heterocycles. The number of carboxylic acid groups (broad SMARTS) is 2. The molecule has 1 aromatic carbocycles. The molecule has 26 N–H and O–H groups in total. The molecule has 18 amide bonds. The number of hydrogen-bond acceptors (Lipinski definition) is 27. The van der Waals surface area contributed by atoms with E-state index in [0.717, 1.165) is 26.5 Å². The summed E-state index contributed by atoms with van der Waals surface area (Å²) in [6.07, 6.45) is 1.99. The minimum atomic E-state index is -2.03. The SMILES string of the molecule is CCCC[C@@H]1NC(=O)[C@H](CCCCN)NC(=O)[C@H](CCCNC(=N)N)NC(=O)[C@H](CC(C)C)NC(=O)[C@@H](NC(=O)[C@H](CCSC)NC(=O)[C@@H]2CCCN2C(=O)[C@@H](NC(C)=O)C(C)C)CCSSC[C@@H](C(=O)N[C@@H](CCCCN)C(=O)N2CCC[C@H]2C(=O)N2CCC[C@H]2C(=O)N[C@@H](CCC(=O)O)C(N)=O)NC(=O)[C@H](Cc2ccccc2)NC(=O)[C@H](CO)NC(=O)[C@H](CC(=O)O)NC(=O)[C@@H]2CCCN2C1=O. The summed E-state index contributed by atoms with van der Waals surface area (Å²) >= 11 is 1.32. The van der Waals surface area contributed by atoms with Gasteiger partial charge in [0.15, 0.2) is 5.96 Å². The normalized spacial score (nSPS) is 24.1. The fraction of sp³-hybridized carbons (Fsp3) is 0.700. The summed E-state index contributed by atoms with van der Waals surface area (Å²) in [7, 11) is 1.90. The van der Waals surface area contributed by atoms with Crippen LogP contribution < -0.4 is 97.4 Å². The number of amides is 18. The van der Waals surface area contributed by atoms with Gasteiger partial charge in [0.2, 0.25) is 106 Å². The van der Waals surface area contributed by atoms with Crippen LogP contribution in [0.2, 0.25) is 0 Å². The number of nitrogens with one attached hydrogen (secondary N) is 15. The van der Waals surface area contributed by atoms with Crippen LogP contribution in [0.1, 0.15) is 208 Å². The lowest BCUT2D eigenvalue weighted by molar-refractivity contribution is -0.148. The van der Waals surface area contributed by atoms with E-state index in [4.69, 9.17) is 28.3 Å². The summed E-state index contributed by atoms with van der Waals surface area (Å²) in [4.78, 5) is 293. The first-order chi connectivity index (χ1) is 66.2. The van der Waals surface area contributed by atoms with Crippen molar-refractivity contribution in [3.05, 3.63) is 35.9 Å². The Labute approximate surface area is 821 Å². The van der Waals surface area contributed by atoms with E-state index in [2.05, 4.69) is 74.4 Å². The highest BCUT2D eigenvalue weighted by Gasteiger charge is 2.48. The molecule has 46 nitrogen and oxygen atoms in total. The summed E-state index contributed by atoms with van der Waals surface area (Å²) in [5, 5.41) is 75.6. The van der Waals surface area contributed by atoms with Crippen LogP contribution >= 0.6 is 33.3 Å². The van der Waals surface area contributed by atoms with Crippen LogP contribution in [0.25, 0.3) is 0 Å². The van der Waals surface area contributed by atoms with Gasteiger partial charge in [0.25, 0.3) is 0 Å². The largest absolute Gasteiger partial charge is 0.481 e. The van der Waals surface area contributed by atoms with Crippen molar-refractivity contribution in [2.45, 2.75) is 311 Å². The lowest BCUT2D eigenvalue weighted by Crippen LogP contribution is -2.61. The minimum Gasteiger partial charge on any atom is -0.481 e. The molecule has 5 heterocycles. The maximum Gasteiger partial charge on any atom is 0.305 e. The van der Waals surface area contributed by atoms with Gasteiger partial charge in [0, 0.05) is 64.0 Å². The quantitative estimate of drug-likeness (QED) is 0.0130. The Hall–Kier alpha value is -11.2. The number of nitrogens with two attached hydrogens (primary N) is 4. The predicted molar refractivity (Wildman–Crippen MR) is 517 cm³/mol. The average Bonchev–Trinajstić information content (AvgIpc) is 1.67. The Balaban J connectivity index is 1.50. The van der Waals surface area contributed by atoms with Crippen molar-refractivity contribution >= 4 is 158 Å². The molecule has 49 heteroatoms. The predicted octanol–water partition coefficient (Wildman–Crippen LogP) is -3.72. The van der Waals surface area contributed by atoms with E-state index in [1.54, 1.807) is 64.3 Å². The van der Waals surface area contributed by atoms with Crippen molar-refractivity contribution in [3.8, 4) is 0 Å². The molecule has 0 bridgehead atoms. The third-order valence-electron chi connectivity index (χ3n) is 24.6. The zero-order valence-electron chi connectivity index (χ0n) is 80.3. The molecule has 0 spiro atoms. The summed E-state index contributed by atoms with van der Waals surface area (Å²) in [6, 6.07) is -17.2. The number of primary amides is 1. The average molecular weight is 2010 g/mol. The van der Waals surface area contributed by atoms with E-state index in [1.807, 2.05) is 6.92 Å². The topological polar surface area (TPSA) is 711 Å². The Kier molecular flexibility index (Phi) is 50.4. The lowest BCUT2D eigenvalue weighted by atomic mass is 10.0. The van der Waals surface area contributed by atoms with Crippen molar-refractivity contribution in [1.29, 1.82) is 5.41 Å². The number of rotatable bonds is 42. The number of carboxylic acids is 2. The molecule has 0 radical (unpaired) electrons. The molecule has 0 saturated carbocycles. The maximum atomic E-state index is 15.6. The number of carbonyl (C=O) groups is 20. The summed E-state index contributed by atoms with van der Waals surface area (Å²) in [5.41, 5.74) is 23.5.